The minimum Gasteiger partial charge on any atom is -0.478 e. The van der Waals surface area contributed by atoms with Crippen molar-refractivity contribution in [1.82, 2.24) is 0 Å². The largest absolute Gasteiger partial charge is 0.478 e. The van der Waals surface area contributed by atoms with Gasteiger partial charge in [-0.25, -0.2) is 9.69 Å². The number of alkyl halides is 3. The molecule has 1 saturated heterocycles. The van der Waals surface area contributed by atoms with Crippen LogP contribution in [-0.4, -0.2) is 28.1 Å². The van der Waals surface area contributed by atoms with Crippen LogP contribution in [0.3, 0.4) is 0 Å². The Bertz CT molecular complexity index is 929. The van der Waals surface area contributed by atoms with Gasteiger partial charge in [0.25, 0.3) is 0 Å². The van der Waals surface area contributed by atoms with E-state index in [0.29, 0.717) is 4.90 Å². The molecular weight excluding hydrogens is 383 g/mol. The third kappa shape index (κ3) is 3.68. The molecule has 140 valence electrons. The van der Waals surface area contributed by atoms with Crippen LogP contribution in [0.1, 0.15) is 22.3 Å². The molecule has 1 fully saturated rings. The molecule has 1 unspecified atom stereocenters. The van der Waals surface area contributed by atoms with E-state index >= 15 is 0 Å². The molecule has 5 nitrogen and oxygen atoms in total. The van der Waals surface area contributed by atoms with Crippen molar-refractivity contribution < 1.29 is 32.7 Å². The molecule has 1 heterocycles. The molecule has 1 aliphatic rings. The standard InChI is InChI=1S/C18H12F3NO4S/c19-18(20,21)11-6-2-3-7-12(11)22-15(23)9-14(16(22)24)27-13-8-4-1-5-10(13)17(25)26/h1-8,14H,9H2,(H,25,26). The normalized spacial score (nSPS) is 17.4. The second kappa shape index (κ2) is 7.07. The zero-order valence-electron chi connectivity index (χ0n) is 13.6. The lowest BCUT2D eigenvalue weighted by atomic mass is 10.1. The Hall–Kier alpha value is -2.81. The summed E-state index contributed by atoms with van der Waals surface area (Å²) >= 11 is 0.856. The summed E-state index contributed by atoms with van der Waals surface area (Å²) in [6.07, 6.45) is -5.04. The Labute approximate surface area is 155 Å². The highest BCUT2D eigenvalue weighted by Crippen LogP contribution is 2.41. The number of amides is 2. The number of imide groups is 1. The number of anilines is 1. The number of carboxylic acids is 1. The fourth-order valence-corrected chi connectivity index (χ4v) is 3.94. The van der Waals surface area contributed by atoms with Crippen molar-refractivity contribution in [3.05, 3.63) is 59.7 Å². The summed E-state index contributed by atoms with van der Waals surface area (Å²) in [5.41, 5.74) is -1.64. The van der Waals surface area contributed by atoms with E-state index in [2.05, 4.69) is 0 Å². The lowest BCUT2D eigenvalue weighted by Crippen LogP contribution is -2.33. The predicted octanol–water partition coefficient (Wildman–Crippen LogP) is 3.83. The first-order valence-corrected chi connectivity index (χ1v) is 8.60. The summed E-state index contributed by atoms with van der Waals surface area (Å²) in [6.45, 7) is 0. The van der Waals surface area contributed by atoms with Crippen LogP contribution in [0.25, 0.3) is 0 Å². The van der Waals surface area contributed by atoms with Crippen LogP contribution in [0.15, 0.2) is 53.4 Å². The van der Waals surface area contributed by atoms with Crippen LogP contribution in [0.4, 0.5) is 18.9 Å². The van der Waals surface area contributed by atoms with E-state index in [1.807, 2.05) is 0 Å². The highest BCUT2D eigenvalue weighted by Gasteiger charge is 2.44. The zero-order chi connectivity index (χ0) is 19.8. The van der Waals surface area contributed by atoms with Gasteiger partial charge in [-0.1, -0.05) is 24.3 Å². The molecule has 9 heteroatoms. The molecule has 2 aromatic rings. The molecule has 0 radical (unpaired) electrons. The number of para-hydroxylation sites is 1. The number of aromatic carboxylic acids is 1. The number of thioether (sulfide) groups is 1. The van der Waals surface area contributed by atoms with E-state index in [-0.39, 0.29) is 16.9 Å². The summed E-state index contributed by atoms with van der Waals surface area (Å²) in [6, 6.07) is 10.3. The molecule has 0 bridgehead atoms. The number of benzene rings is 2. The fourth-order valence-electron chi connectivity index (χ4n) is 2.76. The molecule has 1 N–H and O–H groups in total. The van der Waals surface area contributed by atoms with Crippen molar-refractivity contribution >= 4 is 35.2 Å². The number of rotatable bonds is 4. The Morgan fingerprint density at radius 2 is 1.70 bits per heavy atom. The van der Waals surface area contributed by atoms with Crippen molar-refractivity contribution in [1.29, 1.82) is 0 Å². The van der Waals surface area contributed by atoms with E-state index in [0.717, 1.165) is 23.9 Å². The highest BCUT2D eigenvalue weighted by molar-refractivity contribution is 8.00. The van der Waals surface area contributed by atoms with Crippen LogP contribution in [-0.2, 0) is 15.8 Å². The first kappa shape index (κ1) is 19.0. The van der Waals surface area contributed by atoms with Gasteiger partial charge < -0.3 is 5.11 Å². The Morgan fingerprint density at radius 3 is 2.37 bits per heavy atom. The number of hydrogen-bond donors (Lipinski definition) is 1. The zero-order valence-corrected chi connectivity index (χ0v) is 14.4. The van der Waals surface area contributed by atoms with Crippen molar-refractivity contribution in [3.63, 3.8) is 0 Å². The number of carbonyl (C=O) groups excluding carboxylic acids is 2. The lowest BCUT2D eigenvalue weighted by Gasteiger charge is -2.20. The number of hydrogen-bond acceptors (Lipinski definition) is 4. The highest BCUT2D eigenvalue weighted by atomic mass is 32.2. The number of carbonyl (C=O) groups is 3. The Balaban J connectivity index is 1.93. The molecule has 0 aliphatic carbocycles. The smallest absolute Gasteiger partial charge is 0.418 e. The van der Waals surface area contributed by atoms with Gasteiger partial charge in [0.15, 0.2) is 0 Å². The van der Waals surface area contributed by atoms with Gasteiger partial charge in [0.05, 0.1) is 22.1 Å². The Morgan fingerprint density at radius 1 is 1.07 bits per heavy atom. The maximum atomic E-state index is 13.2. The first-order valence-electron chi connectivity index (χ1n) is 7.72. The summed E-state index contributed by atoms with van der Waals surface area (Å²) in [5.74, 6) is -2.77. The summed E-state index contributed by atoms with van der Waals surface area (Å²) < 4.78 is 39.7. The van der Waals surface area contributed by atoms with Crippen LogP contribution in [0.2, 0.25) is 0 Å². The third-order valence-electron chi connectivity index (χ3n) is 3.94. The van der Waals surface area contributed by atoms with Gasteiger partial charge in [0.1, 0.15) is 0 Å². The molecule has 3 rings (SSSR count). The van der Waals surface area contributed by atoms with Gasteiger partial charge in [0, 0.05) is 11.3 Å². The summed E-state index contributed by atoms with van der Waals surface area (Å²) in [5, 5.41) is 8.21. The van der Waals surface area contributed by atoms with E-state index in [9.17, 15) is 32.7 Å². The molecule has 0 spiro atoms. The van der Waals surface area contributed by atoms with Crippen molar-refractivity contribution in [2.45, 2.75) is 22.7 Å². The van der Waals surface area contributed by atoms with Gasteiger partial charge in [0.2, 0.25) is 11.8 Å². The first-order chi connectivity index (χ1) is 12.7. The maximum absolute atomic E-state index is 13.2. The second-order valence-electron chi connectivity index (χ2n) is 5.69. The Kier molecular flexibility index (Phi) is 4.97. The molecule has 2 aromatic carbocycles. The van der Waals surface area contributed by atoms with Crippen molar-refractivity contribution in [2.75, 3.05) is 4.90 Å². The van der Waals surface area contributed by atoms with Crippen LogP contribution < -0.4 is 4.90 Å². The average Bonchev–Trinajstić information content (AvgIpc) is 2.88. The quantitative estimate of drug-likeness (QED) is 0.797. The second-order valence-corrected chi connectivity index (χ2v) is 6.94. The average molecular weight is 395 g/mol. The van der Waals surface area contributed by atoms with Gasteiger partial charge in [-0.2, -0.15) is 13.2 Å². The van der Waals surface area contributed by atoms with Gasteiger partial charge in [-0.15, -0.1) is 11.8 Å². The van der Waals surface area contributed by atoms with E-state index in [1.54, 1.807) is 6.07 Å². The van der Waals surface area contributed by atoms with Gasteiger partial charge >= 0.3 is 12.1 Å². The molecule has 0 aromatic heterocycles. The maximum Gasteiger partial charge on any atom is 0.418 e. The fraction of sp³-hybridized carbons (Fsp3) is 0.167. The third-order valence-corrected chi connectivity index (χ3v) is 5.21. The van der Waals surface area contributed by atoms with Crippen LogP contribution in [0.5, 0.6) is 0 Å². The van der Waals surface area contributed by atoms with Gasteiger partial charge in [-0.3, -0.25) is 9.59 Å². The minimum absolute atomic E-state index is 0.0445. The predicted molar refractivity (Wildman–Crippen MR) is 91.6 cm³/mol. The molecule has 2 amide bonds. The molecular formula is C18H12F3NO4S. The van der Waals surface area contributed by atoms with Gasteiger partial charge in [-0.05, 0) is 24.3 Å². The van der Waals surface area contributed by atoms with Crippen LogP contribution in [0, 0.1) is 0 Å². The molecule has 0 saturated carbocycles. The van der Waals surface area contributed by atoms with Crippen molar-refractivity contribution in [3.8, 4) is 0 Å². The number of halogens is 3. The molecule has 27 heavy (non-hydrogen) atoms. The van der Waals surface area contributed by atoms with E-state index in [1.165, 1.54) is 30.3 Å². The topological polar surface area (TPSA) is 74.7 Å². The van der Waals surface area contributed by atoms with Crippen LogP contribution >= 0.6 is 11.8 Å². The number of nitrogens with zero attached hydrogens (tertiary/aromatic N) is 1. The molecule has 1 aliphatic heterocycles. The van der Waals surface area contributed by atoms with Crippen molar-refractivity contribution in [2.24, 2.45) is 0 Å². The lowest BCUT2D eigenvalue weighted by molar-refractivity contribution is -0.137. The minimum atomic E-state index is -4.72. The van der Waals surface area contributed by atoms with E-state index in [4.69, 9.17) is 0 Å². The summed E-state index contributed by atoms with van der Waals surface area (Å²) in [7, 11) is 0. The van der Waals surface area contributed by atoms with E-state index < -0.39 is 40.5 Å². The molecule has 1 atom stereocenters. The number of carboxylic acid groups (broad SMARTS) is 1. The monoisotopic (exact) mass is 395 g/mol. The SMILES string of the molecule is O=C(O)c1ccccc1SC1CC(=O)N(c2ccccc2C(F)(F)F)C1=O. The summed E-state index contributed by atoms with van der Waals surface area (Å²) in [4.78, 5) is 37.0.